The van der Waals surface area contributed by atoms with Crippen molar-refractivity contribution in [2.24, 2.45) is 0 Å². The highest BCUT2D eigenvalue weighted by Gasteiger charge is 2.19. The van der Waals surface area contributed by atoms with Gasteiger partial charge < -0.3 is 14.2 Å². The first-order chi connectivity index (χ1) is 35.0. The second kappa shape index (κ2) is 56.8. The van der Waals surface area contributed by atoms with Gasteiger partial charge in [0.1, 0.15) is 13.2 Å². The fourth-order valence-electron chi connectivity index (χ4n) is 6.25. The van der Waals surface area contributed by atoms with Crippen molar-refractivity contribution < 1.29 is 28.6 Å². The second-order valence-corrected chi connectivity index (χ2v) is 16.8. The highest BCUT2D eigenvalue weighted by Crippen LogP contribution is 2.11. The summed E-state index contributed by atoms with van der Waals surface area (Å²) in [5, 5.41) is 0. The zero-order chi connectivity index (χ0) is 51.4. The maximum Gasteiger partial charge on any atom is 0.306 e. The maximum atomic E-state index is 12.8. The van der Waals surface area contributed by atoms with Crippen molar-refractivity contribution in [2.45, 2.75) is 181 Å². The molecule has 0 aliphatic carbocycles. The summed E-state index contributed by atoms with van der Waals surface area (Å²) >= 11 is 0. The summed E-state index contributed by atoms with van der Waals surface area (Å²) < 4.78 is 16.7. The van der Waals surface area contributed by atoms with Gasteiger partial charge in [-0.25, -0.2) is 0 Å². The lowest BCUT2D eigenvalue weighted by atomic mass is 10.1. The van der Waals surface area contributed by atoms with E-state index in [1.54, 1.807) is 0 Å². The monoisotopic (exact) mass is 971 g/mol. The summed E-state index contributed by atoms with van der Waals surface area (Å²) in [5.41, 5.74) is 0. The highest BCUT2D eigenvalue weighted by molar-refractivity contribution is 5.71. The van der Waals surface area contributed by atoms with Crippen molar-refractivity contribution in [1.29, 1.82) is 0 Å². The molecule has 71 heavy (non-hydrogen) atoms. The molecule has 0 saturated carbocycles. The van der Waals surface area contributed by atoms with Crippen LogP contribution in [0.1, 0.15) is 175 Å². The first kappa shape index (κ1) is 65.2. The number of rotatable bonds is 45. The predicted octanol–water partition coefficient (Wildman–Crippen LogP) is 18.3. The van der Waals surface area contributed by atoms with E-state index >= 15 is 0 Å². The van der Waals surface area contributed by atoms with Gasteiger partial charge in [0, 0.05) is 19.3 Å². The molecule has 0 fully saturated rings. The topological polar surface area (TPSA) is 78.9 Å². The van der Waals surface area contributed by atoms with E-state index in [0.717, 1.165) is 109 Å². The normalized spacial score (nSPS) is 13.7. The zero-order valence-electron chi connectivity index (χ0n) is 44.4. The third-order valence-corrected chi connectivity index (χ3v) is 10.2. The summed E-state index contributed by atoms with van der Waals surface area (Å²) in [4.78, 5) is 38.0. The van der Waals surface area contributed by atoms with Gasteiger partial charge in [-0.3, -0.25) is 14.4 Å². The van der Waals surface area contributed by atoms with Crippen molar-refractivity contribution in [3.63, 3.8) is 0 Å². The number of carbonyl (C=O) groups excluding carboxylic acids is 3. The molecule has 0 rings (SSSR count). The molecule has 0 aliphatic heterocycles. The number of esters is 3. The van der Waals surface area contributed by atoms with E-state index in [2.05, 4.69) is 154 Å². The van der Waals surface area contributed by atoms with Crippen molar-refractivity contribution >= 4 is 17.9 Å². The van der Waals surface area contributed by atoms with Crippen LogP contribution in [0.15, 0.2) is 194 Å². The molecule has 0 amide bonds. The van der Waals surface area contributed by atoms with Gasteiger partial charge in [-0.1, -0.05) is 241 Å². The van der Waals surface area contributed by atoms with Crippen molar-refractivity contribution in [2.75, 3.05) is 13.2 Å². The van der Waals surface area contributed by atoms with E-state index < -0.39 is 18.0 Å². The SMILES string of the molecule is CC/C=C\C/C=C\C/C=C\C/C=C\C/C=C\C/C=C\CCC(=O)OCC(COC(=O)CC/C=C\C/C=C\C/C=C\C/C=C\C/C=C\CC)OC(=O)CCCCCCC\C=C/C=C\C=C/C=C\C=C/CCC. The zero-order valence-corrected chi connectivity index (χ0v) is 44.4. The first-order valence-corrected chi connectivity index (χ1v) is 27.0. The Morgan fingerprint density at radius 2 is 0.634 bits per heavy atom. The summed E-state index contributed by atoms with van der Waals surface area (Å²) in [5.74, 6) is -1.17. The molecule has 1 unspecified atom stereocenters. The summed E-state index contributed by atoms with van der Waals surface area (Å²) in [6.07, 6.45) is 87.2. The Labute approximate surface area is 433 Å². The average molecular weight is 971 g/mol. The Kier molecular flexibility index (Phi) is 52.2. The van der Waals surface area contributed by atoms with Gasteiger partial charge in [0.05, 0.1) is 0 Å². The minimum atomic E-state index is -0.865. The van der Waals surface area contributed by atoms with Gasteiger partial charge in [0.15, 0.2) is 6.10 Å². The third-order valence-electron chi connectivity index (χ3n) is 10.2. The number of unbranched alkanes of at least 4 members (excludes halogenated alkanes) is 6. The van der Waals surface area contributed by atoms with E-state index in [9.17, 15) is 14.4 Å². The van der Waals surface area contributed by atoms with Gasteiger partial charge in [-0.2, -0.15) is 0 Å². The van der Waals surface area contributed by atoms with Crippen molar-refractivity contribution in [3.05, 3.63) is 194 Å². The average Bonchev–Trinajstić information content (AvgIpc) is 3.37. The summed E-state index contributed by atoms with van der Waals surface area (Å²) in [6.45, 7) is 6.13. The van der Waals surface area contributed by atoms with Gasteiger partial charge in [-0.15, -0.1) is 0 Å². The molecule has 0 bridgehead atoms. The number of ether oxygens (including phenoxy) is 3. The van der Waals surface area contributed by atoms with E-state index in [1.807, 2.05) is 60.8 Å². The van der Waals surface area contributed by atoms with E-state index in [4.69, 9.17) is 14.2 Å². The van der Waals surface area contributed by atoms with Crippen LogP contribution >= 0.6 is 0 Å². The molecule has 0 aromatic heterocycles. The molecule has 0 spiro atoms. The molecule has 6 nitrogen and oxygen atoms in total. The Bertz CT molecular complexity index is 1780. The number of hydrogen-bond donors (Lipinski definition) is 0. The smallest absolute Gasteiger partial charge is 0.306 e. The largest absolute Gasteiger partial charge is 0.462 e. The third kappa shape index (κ3) is 55.1. The summed E-state index contributed by atoms with van der Waals surface area (Å²) in [6, 6.07) is 0. The van der Waals surface area contributed by atoms with Crippen LogP contribution in [-0.2, 0) is 28.6 Å². The first-order valence-electron chi connectivity index (χ1n) is 27.0. The van der Waals surface area contributed by atoms with Crippen LogP contribution in [0.3, 0.4) is 0 Å². The van der Waals surface area contributed by atoms with Crippen LogP contribution in [0.25, 0.3) is 0 Å². The predicted molar refractivity (Wildman–Crippen MR) is 306 cm³/mol. The Morgan fingerprint density at radius 1 is 0.310 bits per heavy atom. The lowest BCUT2D eigenvalue weighted by molar-refractivity contribution is -0.166. The number of allylic oxidation sites excluding steroid dienone is 32. The van der Waals surface area contributed by atoms with Gasteiger partial charge in [0.2, 0.25) is 0 Å². The van der Waals surface area contributed by atoms with E-state index in [-0.39, 0.29) is 38.4 Å². The second-order valence-electron chi connectivity index (χ2n) is 16.8. The highest BCUT2D eigenvalue weighted by atomic mass is 16.6. The quantitative estimate of drug-likeness (QED) is 0.0199. The molecule has 0 radical (unpaired) electrons. The lowest BCUT2D eigenvalue weighted by Gasteiger charge is -2.18. The van der Waals surface area contributed by atoms with Gasteiger partial charge >= 0.3 is 17.9 Å². The van der Waals surface area contributed by atoms with E-state index in [0.29, 0.717) is 19.3 Å². The molecular formula is C65H94O6. The molecule has 0 aromatic rings. The molecule has 1 atom stereocenters. The van der Waals surface area contributed by atoms with Gasteiger partial charge in [-0.05, 0) is 109 Å². The van der Waals surface area contributed by atoms with Crippen LogP contribution in [-0.4, -0.2) is 37.2 Å². The Morgan fingerprint density at radius 3 is 1.01 bits per heavy atom. The van der Waals surface area contributed by atoms with Crippen molar-refractivity contribution in [3.8, 4) is 0 Å². The van der Waals surface area contributed by atoms with E-state index in [1.165, 1.54) is 6.42 Å². The number of hydrogen-bond acceptors (Lipinski definition) is 6. The van der Waals surface area contributed by atoms with Crippen LogP contribution in [0.2, 0.25) is 0 Å². The fraction of sp³-hybridized carbons (Fsp3) is 0.462. The molecular weight excluding hydrogens is 877 g/mol. The molecule has 390 valence electrons. The summed E-state index contributed by atoms with van der Waals surface area (Å²) in [7, 11) is 0. The Hall–Kier alpha value is -5.75. The van der Waals surface area contributed by atoms with Crippen molar-refractivity contribution in [1.82, 2.24) is 0 Å². The molecule has 0 N–H and O–H groups in total. The molecule has 0 saturated heterocycles. The molecule has 0 aliphatic rings. The molecule has 0 heterocycles. The van der Waals surface area contributed by atoms with Crippen LogP contribution in [0.4, 0.5) is 0 Å². The van der Waals surface area contributed by atoms with Gasteiger partial charge in [0.25, 0.3) is 0 Å². The van der Waals surface area contributed by atoms with Crippen LogP contribution in [0.5, 0.6) is 0 Å². The number of carbonyl (C=O) groups is 3. The molecule has 6 heteroatoms. The standard InChI is InChI=1S/C65H94O6/c1-4-7-10-13-16-19-22-25-28-31-33-35-37-40-43-46-49-52-55-58-64(67)70-61-62(60-69-63(66)57-54-51-48-45-42-39-36-30-27-24-21-18-15-12-9-6-3)71-65(68)59-56-53-50-47-44-41-38-34-32-29-26-23-20-17-14-11-8-5-2/h7,9-12,14,16-21,23,25-30,32-35,38-40,42-43,48-49,51-52,62H,4-6,8,13,15,22,24,31,36-37,41,44-47,50,53-61H2,1-3H3/b10-7-,12-9-,14-11-,19-16-,20-17-,21-18-,26-23-,28-25-,30-27-,32-29-,35-33-,38-34-,42-39-,43-40-,51-48-,52-49-. The molecule has 0 aromatic carbocycles. The maximum absolute atomic E-state index is 12.8. The minimum Gasteiger partial charge on any atom is -0.462 e. The van der Waals surface area contributed by atoms with Crippen LogP contribution in [0, 0.1) is 0 Å². The Balaban J connectivity index is 4.72. The fourth-order valence-corrected chi connectivity index (χ4v) is 6.25. The van der Waals surface area contributed by atoms with Crippen LogP contribution < -0.4 is 0 Å². The minimum absolute atomic E-state index is 0.163. The lowest BCUT2D eigenvalue weighted by Crippen LogP contribution is -2.30.